The van der Waals surface area contributed by atoms with Gasteiger partial charge in [0.25, 0.3) is 5.91 Å². The van der Waals surface area contributed by atoms with Gasteiger partial charge in [-0.2, -0.15) is 4.98 Å². The second kappa shape index (κ2) is 12.5. The van der Waals surface area contributed by atoms with Gasteiger partial charge in [-0.15, -0.1) is 0 Å². The van der Waals surface area contributed by atoms with Crippen LogP contribution in [0.5, 0.6) is 5.75 Å². The van der Waals surface area contributed by atoms with Crippen LogP contribution in [0.2, 0.25) is 0 Å². The summed E-state index contributed by atoms with van der Waals surface area (Å²) < 4.78 is 21.7. The maximum atomic E-state index is 13.9. The van der Waals surface area contributed by atoms with Crippen molar-refractivity contribution in [3.63, 3.8) is 0 Å². The number of aromatic amines is 1. The number of anilines is 1. The Hall–Kier alpha value is -4.04. The van der Waals surface area contributed by atoms with Crippen molar-refractivity contribution in [3.05, 3.63) is 58.1 Å². The first-order valence-electron chi connectivity index (χ1n) is 11.1. The van der Waals surface area contributed by atoms with Gasteiger partial charge in [-0.1, -0.05) is 15.9 Å². The molecule has 2 N–H and O–H groups in total. The van der Waals surface area contributed by atoms with Gasteiger partial charge in [-0.05, 0) is 30.3 Å². The zero-order valence-corrected chi connectivity index (χ0v) is 22.0. The summed E-state index contributed by atoms with van der Waals surface area (Å²) in [6.45, 7) is 2.14. The molecule has 0 bridgehead atoms. The first-order chi connectivity index (χ1) is 18.0. The lowest BCUT2D eigenvalue weighted by Crippen LogP contribution is -2.49. The standard InChI is InChI=1S/C24H24BrN3O10/c1-12(29)36-11-17-19(25)20(37-13(2)30)23(38-17)28(22(33)14-4-7-16(35-3)8-5-14)21-15(6-9-18(31)32)10-26-24(34)27-21/h4-10,17,19-20,23H,11H2,1-3H3,(H,31,32)(H,26,27,34)/t17-,19+,20-,23-/m1/s1. The molecule has 2 aromatic rings. The van der Waals surface area contributed by atoms with Gasteiger partial charge >= 0.3 is 23.6 Å². The van der Waals surface area contributed by atoms with Crippen LogP contribution in [0.4, 0.5) is 5.82 Å². The smallest absolute Gasteiger partial charge is 0.346 e. The summed E-state index contributed by atoms with van der Waals surface area (Å²) in [5.41, 5.74) is -0.664. The number of benzene rings is 1. The Morgan fingerprint density at radius 3 is 2.45 bits per heavy atom. The molecule has 0 radical (unpaired) electrons. The van der Waals surface area contributed by atoms with Crippen LogP contribution in [-0.4, -0.2) is 75.9 Å². The Balaban J connectivity index is 2.19. The number of amides is 1. The summed E-state index contributed by atoms with van der Waals surface area (Å²) in [4.78, 5) is 67.2. The van der Waals surface area contributed by atoms with E-state index in [0.717, 1.165) is 24.0 Å². The molecule has 1 saturated heterocycles. The zero-order chi connectivity index (χ0) is 28.0. The number of carboxylic acids is 1. The molecule has 0 spiro atoms. The van der Waals surface area contributed by atoms with Crippen molar-refractivity contribution in [2.24, 2.45) is 0 Å². The summed E-state index contributed by atoms with van der Waals surface area (Å²) in [5.74, 6) is -3.06. The number of halogens is 1. The van der Waals surface area contributed by atoms with Crippen molar-refractivity contribution in [1.29, 1.82) is 0 Å². The number of aliphatic carboxylic acids is 1. The van der Waals surface area contributed by atoms with Crippen molar-refractivity contribution >= 4 is 51.6 Å². The molecule has 13 nitrogen and oxygen atoms in total. The molecule has 1 aliphatic rings. The van der Waals surface area contributed by atoms with Gasteiger partial charge in [0.05, 0.1) is 11.9 Å². The molecule has 1 fully saturated rings. The van der Waals surface area contributed by atoms with Crippen LogP contribution in [0.25, 0.3) is 6.08 Å². The predicted molar refractivity (Wildman–Crippen MR) is 135 cm³/mol. The van der Waals surface area contributed by atoms with E-state index in [1.807, 2.05) is 0 Å². The highest BCUT2D eigenvalue weighted by atomic mass is 79.9. The summed E-state index contributed by atoms with van der Waals surface area (Å²) in [7, 11) is 1.46. The molecule has 2 heterocycles. The maximum absolute atomic E-state index is 13.9. The highest BCUT2D eigenvalue weighted by Gasteiger charge is 2.51. The molecule has 1 amide bonds. The number of carboxylic acid groups (broad SMARTS) is 1. The van der Waals surface area contributed by atoms with Crippen molar-refractivity contribution in [3.8, 4) is 5.75 Å². The lowest BCUT2D eigenvalue weighted by Gasteiger charge is -2.32. The second-order valence-electron chi connectivity index (χ2n) is 7.95. The molecule has 14 heteroatoms. The Morgan fingerprint density at radius 1 is 1.18 bits per heavy atom. The lowest BCUT2D eigenvalue weighted by molar-refractivity contribution is -0.148. The van der Waals surface area contributed by atoms with Crippen molar-refractivity contribution in [1.82, 2.24) is 9.97 Å². The van der Waals surface area contributed by atoms with Gasteiger partial charge in [-0.3, -0.25) is 19.3 Å². The van der Waals surface area contributed by atoms with Crippen LogP contribution >= 0.6 is 15.9 Å². The van der Waals surface area contributed by atoms with Crippen LogP contribution in [0.15, 0.2) is 41.3 Å². The largest absolute Gasteiger partial charge is 0.497 e. The zero-order valence-electron chi connectivity index (χ0n) is 20.5. The molecule has 0 saturated carbocycles. The molecule has 1 aliphatic heterocycles. The average molecular weight is 594 g/mol. The first-order valence-corrected chi connectivity index (χ1v) is 12.0. The van der Waals surface area contributed by atoms with Gasteiger partial charge < -0.3 is 29.0 Å². The Labute approximate surface area is 224 Å². The molecule has 1 aromatic carbocycles. The fourth-order valence-electron chi connectivity index (χ4n) is 3.63. The fraction of sp³-hybridized carbons (Fsp3) is 0.333. The number of alkyl halides is 1. The quantitative estimate of drug-likeness (QED) is 0.245. The highest BCUT2D eigenvalue weighted by Crippen LogP contribution is 2.36. The van der Waals surface area contributed by atoms with Crippen LogP contribution in [0, 0.1) is 0 Å². The number of nitrogens with zero attached hydrogens (tertiary/aromatic N) is 2. The molecular formula is C24H24BrN3O10. The first kappa shape index (κ1) is 28.5. The van der Waals surface area contributed by atoms with Crippen LogP contribution in [0.1, 0.15) is 29.8 Å². The van der Waals surface area contributed by atoms with Gasteiger partial charge in [0.15, 0.2) is 18.1 Å². The number of hydrogen-bond acceptors (Lipinski definition) is 10. The number of aromatic nitrogens is 2. The van der Waals surface area contributed by atoms with Gasteiger partial charge in [0.1, 0.15) is 18.5 Å². The lowest BCUT2D eigenvalue weighted by atomic mass is 10.1. The van der Waals surface area contributed by atoms with E-state index in [-0.39, 0.29) is 23.6 Å². The molecule has 202 valence electrons. The van der Waals surface area contributed by atoms with Crippen LogP contribution in [0.3, 0.4) is 0 Å². The Morgan fingerprint density at radius 2 is 1.87 bits per heavy atom. The number of H-pyrrole nitrogens is 1. The molecule has 0 unspecified atom stereocenters. The summed E-state index contributed by atoms with van der Waals surface area (Å²) in [6.07, 6.45) is -0.287. The van der Waals surface area contributed by atoms with Crippen molar-refractivity contribution in [2.45, 2.75) is 37.1 Å². The van der Waals surface area contributed by atoms with E-state index in [1.54, 1.807) is 0 Å². The van der Waals surface area contributed by atoms with E-state index in [4.69, 9.17) is 24.1 Å². The van der Waals surface area contributed by atoms with Gasteiger partial charge in [0.2, 0.25) is 0 Å². The van der Waals surface area contributed by atoms with Gasteiger partial charge in [0, 0.05) is 37.2 Å². The highest BCUT2D eigenvalue weighted by molar-refractivity contribution is 9.09. The van der Waals surface area contributed by atoms with E-state index in [0.29, 0.717) is 5.75 Å². The molecule has 38 heavy (non-hydrogen) atoms. The van der Waals surface area contributed by atoms with E-state index in [9.17, 15) is 24.0 Å². The number of methoxy groups -OCH3 is 1. The van der Waals surface area contributed by atoms with Crippen LogP contribution in [-0.2, 0) is 28.6 Å². The average Bonchev–Trinajstić information content (AvgIpc) is 3.16. The Kier molecular flexibility index (Phi) is 9.36. The van der Waals surface area contributed by atoms with E-state index < -0.39 is 52.8 Å². The van der Waals surface area contributed by atoms with Crippen molar-refractivity contribution in [2.75, 3.05) is 18.6 Å². The number of rotatable bonds is 9. The molecule has 3 rings (SSSR count). The molecule has 0 aliphatic carbocycles. The fourth-order valence-corrected chi connectivity index (χ4v) is 4.28. The molecule has 4 atom stereocenters. The maximum Gasteiger partial charge on any atom is 0.346 e. The second-order valence-corrected chi connectivity index (χ2v) is 9.00. The number of carbonyl (C=O) groups excluding carboxylic acids is 3. The topological polar surface area (TPSA) is 174 Å². The minimum Gasteiger partial charge on any atom is -0.497 e. The normalized spacial score (nSPS) is 20.6. The van der Waals surface area contributed by atoms with E-state index >= 15 is 0 Å². The SMILES string of the molecule is COc1ccc(C(=O)N(c2nc(=O)[nH]cc2C=CC(=O)O)[C@@H]2O[C@H](COC(C)=O)[C@H](Br)[C@H]2OC(C)=O)cc1. The predicted octanol–water partition coefficient (Wildman–Crippen LogP) is 1.51. The number of hydrogen-bond donors (Lipinski definition) is 2. The third kappa shape index (κ3) is 6.83. The summed E-state index contributed by atoms with van der Waals surface area (Å²) in [5, 5.41) is 9.12. The minimum atomic E-state index is -1.37. The van der Waals surface area contributed by atoms with E-state index in [1.165, 1.54) is 44.5 Å². The number of esters is 2. The van der Waals surface area contributed by atoms with Crippen molar-refractivity contribution < 1.29 is 43.2 Å². The molecular weight excluding hydrogens is 570 g/mol. The monoisotopic (exact) mass is 593 g/mol. The number of nitrogens with one attached hydrogen (secondary N) is 1. The Bertz CT molecular complexity index is 1290. The number of carbonyl (C=O) groups is 4. The third-order valence-corrected chi connectivity index (χ3v) is 6.39. The van der Waals surface area contributed by atoms with Gasteiger partial charge in [-0.25, -0.2) is 9.59 Å². The summed E-state index contributed by atoms with van der Waals surface area (Å²) in [6, 6.07) is 6.01. The van der Waals surface area contributed by atoms with Crippen LogP contribution < -0.4 is 15.3 Å². The summed E-state index contributed by atoms with van der Waals surface area (Å²) >= 11 is 3.41. The third-order valence-electron chi connectivity index (χ3n) is 5.28. The molecule has 1 aromatic heterocycles. The minimum absolute atomic E-state index is 0.0496. The van der Waals surface area contributed by atoms with E-state index in [2.05, 4.69) is 25.9 Å². The number of ether oxygens (including phenoxy) is 4.